The smallest absolute Gasteiger partial charge is 0.248 e. The van der Waals surface area contributed by atoms with Gasteiger partial charge in [-0.05, 0) is 12.1 Å². The Morgan fingerprint density at radius 2 is 1.85 bits per heavy atom. The second-order valence-electron chi connectivity index (χ2n) is 2.31. The van der Waals surface area contributed by atoms with E-state index in [4.69, 9.17) is 5.73 Å². The fourth-order valence-electron chi connectivity index (χ4n) is 0.602. The van der Waals surface area contributed by atoms with Gasteiger partial charge in [0.2, 0.25) is 5.91 Å². The number of primary amides is 1. The number of hydrogen-bond donors (Lipinski definition) is 1. The first-order valence-electron chi connectivity index (χ1n) is 4.00. The Labute approximate surface area is 77.6 Å². The largest absolute Gasteiger partial charge is 0.366 e. The van der Waals surface area contributed by atoms with Gasteiger partial charge >= 0.3 is 0 Å². The molecule has 0 saturated heterocycles. The Balaban J connectivity index is 0.000000310. The van der Waals surface area contributed by atoms with Crippen LogP contribution in [0.4, 0.5) is 0 Å². The predicted molar refractivity (Wildman–Crippen MR) is 51.3 cm³/mol. The number of benzene rings is 1. The van der Waals surface area contributed by atoms with Crippen LogP contribution in [-0.2, 0) is 4.79 Å². The van der Waals surface area contributed by atoms with E-state index in [0.29, 0.717) is 12.0 Å². The number of nitrogens with two attached hydrogens (primary N) is 1. The number of hydrogen-bond acceptors (Lipinski definition) is 2. The van der Waals surface area contributed by atoms with Crippen LogP contribution < -0.4 is 5.73 Å². The molecule has 13 heavy (non-hydrogen) atoms. The van der Waals surface area contributed by atoms with Gasteiger partial charge in [0.05, 0.1) is 0 Å². The first kappa shape index (κ1) is 11.4. The van der Waals surface area contributed by atoms with Crippen molar-refractivity contribution in [3.05, 3.63) is 35.9 Å². The number of aldehydes is 1. The van der Waals surface area contributed by atoms with E-state index >= 15 is 0 Å². The maximum atomic E-state index is 10.4. The number of rotatable bonds is 2. The van der Waals surface area contributed by atoms with E-state index in [-0.39, 0.29) is 5.91 Å². The van der Waals surface area contributed by atoms with E-state index in [1.165, 1.54) is 0 Å². The van der Waals surface area contributed by atoms with E-state index in [0.717, 1.165) is 6.29 Å². The van der Waals surface area contributed by atoms with Gasteiger partial charge in [-0.1, -0.05) is 25.1 Å². The maximum absolute atomic E-state index is 10.4. The van der Waals surface area contributed by atoms with Crippen LogP contribution in [-0.4, -0.2) is 12.2 Å². The molecule has 0 bridgehead atoms. The summed E-state index contributed by atoms with van der Waals surface area (Å²) in [5.74, 6) is -0.379. The minimum Gasteiger partial charge on any atom is -0.366 e. The first-order chi connectivity index (χ1) is 6.22. The molecule has 0 aliphatic heterocycles. The molecule has 1 rings (SSSR count). The Morgan fingerprint density at radius 1 is 1.38 bits per heavy atom. The summed E-state index contributed by atoms with van der Waals surface area (Å²) in [6, 6.07) is 8.76. The van der Waals surface area contributed by atoms with Crippen LogP contribution in [0.2, 0.25) is 0 Å². The molecule has 3 heteroatoms. The number of amides is 1. The molecule has 0 fully saturated rings. The molecule has 0 spiro atoms. The van der Waals surface area contributed by atoms with E-state index in [9.17, 15) is 9.59 Å². The van der Waals surface area contributed by atoms with Gasteiger partial charge in [0.25, 0.3) is 0 Å². The lowest BCUT2D eigenvalue weighted by Crippen LogP contribution is -2.09. The average Bonchev–Trinajstić information content (AvgIpc) is 2.19. The van der Waals surface area contributed by atoms with Crippen LogP contribution in [0.3, 0.4) is 0 Å². The molecule has 1 amide bonds. The quantitative estimate of drug-likeness (QED) is 0.697. The van der Waals surface area contributed by atoms with E-state index in [1.807, 2.05) is 13.0 Å². The van der Waals surface area contributed by atoms with Crippen molar-refractivity contribution >= 4 is 12.2 Å². The third-order valence-electron chi connectivity index (χ3n) is 1.22. The van der Waals surface area contributed by atoms with Gasteiger partial charge < -0.3 is 10.5 Å². The third-order valence-corrected chi connectivity index (χ3v) is 1.22. The zero-order chi connectivity index (χ0) is 10.1. The number of carbonyl (C=O) groups is 2. The van der Waals surface area contributed by atoms with Crippen LogP contribution in [0.25, 0.3) is 0 Å². The first-order valence-corrected chi connectivity index (χ1v) is 4.00. The summed E-state index contributed by atoms with van der Waals surface area (Å²) in [7, 11) is 0. The molecule has 70 valence electrons. The highest BCUT2D eigenvalue weighted by atomic mass is 16.1. The topological polar surface area (TPSA) is 60.2 Å². The highest BCUT2D eigenvalue weighted by Gasteiger charge is 1.93. The van der Waals surface area contributed by atoms with Crippen molar-refractivity contribution in [2.45, 2.75) is 13.3 Å². The summed E-state index contributed by atoms with van der Waals surface area (Å²) in [6.07, 6.45) is 1.51. The molecule has 0 atom stereocenters. The fraction of sp³-hybridized carbons (Fsp3) is 0.200. The molecule has 0 saturated carbocycles. The van der Waals surface area contributed by atoms with Crippen molar-refractivity contribution in [3.63, 3.8) is 0 Å². The van der Waals surface area contributed by atoms with Crippen LogP contribution in [0, 0.1) is 0 Å². The zero-order valence-corrected chi connectivity index (χ0v) is 7.57. The molecule has 2 N–H and O–H groups in total. The summed E-state index contributed by atoms with van der Waals surface area (Å²) >= 11 is 0. The Hall–Kier alpha value is -1.64. The Kier molecular flexibility index (Phi) is 6.15. The molecule has 1 aromatic carbocycles. The lowest BCUT2D eigenvalue weighted by molar-refractivity contribution is -0.107. The molecule has 0 aromatic heterocycles. The van der Waals surface area contributed by atoms with E-state index in [2.05, 4.69) is 0 Å². The van der Waals surface area contributed by atoms with Gasteiger partial charge in [0.1, 0.15) is 6.29 Å². The lowest BCUT2D eigenvalue weighted by Gasteiger charge is -1.89. The normalized spacial score (nSPS) is 8.08. The third kappa shape index (κ3) is 5.61. The van der Waals surface area contributed by atoms with Gasteiger partial charge in [0, 0.05) is 12.0 Å². The second-order valence-corrected chi connectivity index (χ2v) is 2.31. The standard InChI is InChI=1S/C7H7NO.C3H6O/c8-7(9)6-4-2-1-3-5-6;1-2-3-4/h1-5H,(H2,8,9);3H,2H2,1H3. The summed E-state index contributed by atoms with van der Waals surface area (Å²) < 4.78 is 0. The average molecular weight is 179 g/mol. The SMILES string of the molecule is CCC=O.NC(=O)c1ccccc1. The highest BCUT2D eigenvalue weighted by Crippen LogP contribution is 1.94. The minimum absolute atomic E-state index is 0.379. The molecule has 0 unspecified atom stereocenters. The summed E-state index contributed by atoms with van der Waals surface area (Å²) in [5.41, 5.74) is 5.53. The fourth-order valence-corrected chi connectivity index (χ4v) is 0.602. The highest BCUT2D eigenvalue weighted by molar-refractivity contribution is 5.92. The van der Waals surface area contributed by atoms with Crippen molar-refractivity contribution in [3.8, 4) is 0 Å². The van der Waals surface area contributed by atoms with Gasteiger partial charge in [-0.25, -0.2) is 0 Å². The minimum atomic E-state index is -0.379. The van der Waals surface area contributed by atoms with Gasteiger partial charge in [0.15, 0.2) is 0 Å². The molecular formula is C10H13NO2. The predicted octanol–water partition coefficient (Wildman–Crippen LogP) is 1.38. The van der Waals surface area contributed by atoms with Gasteiger partial charge in [-0.2, -0.15) is 0 Å². The Morgan fingerprint density at radius 3 is 2.08 bits per heavy atom. The maximum Gasteiger partial charge on any atom is 0.248 e. The molecular weight excluding hydrogens is 166 g/mol. The van der Waals surface area contributed by atoms with Gasteiger partial charge in [-0.3, -0.25) is 4.79 Å². The van der Waals surface area contributed by atoms with Crippen LogP contribution in [0.1, 0.15) is 23.7 Å². The molecule has 0 radical (unpaired) electrons. The molecule has 3 nitrogen and oxygen atoms in total. The summed E-state index contributed by atoms with van der Waals surface area (Å²) in [6.45, 7) is 1.81. The second kappa shape index (κ2) is 7.03. The zero-order valence-electron chi connectivity index (χ0n) is 7.57. The molecule has 1 aromatic rings. The molecule has 0 heterocycles. The van der Waals surface area contributed by atoms with Crippen LogP contribution in [0.5, 0.6) is 0 Å². The van der Waals surface area contributed by atoms with E-state index in [1.54, 1.807) is 24.3 Å². The van der Waals surface area contributed by atoms with Crippen LogP contribution in [0.15, 0.2) is 30.3 Å². The monoisotopic (exact) mass is 179 g/mol. The van der Waals surface area contributed by atoms with Crippen molar-refractivity contribution in [2.75, 3.05) is 0 Å². The van der Waals surface area contributed by atoms with Crippen LogP contribution >= 0.6 is 0 Å². The van der Waals surface area contributed by atoms with Gasteiger partial charge in [-0.15, -0.1) is 0 Å². The summed E-state index contributed by atoms with van der Waals surface area (Å²) in [4.78, 5) is 19.6. The lowest BCUT2D eigenvalue weighted by atomic mass is 10.2. The molecule has 0 aliphatic rings. The van der Waals surface area contributed by atoms with Crippen molar-refractivity contribution in [1.82, 2.24) is 0 Å². The number of carbonyl (C=O) groups excluding carboxylic acids is 2. The van der Waals surface area contributed by atoms with Crippen molar-refractivity contribution < 1.29 is 9.59 Å². The summed E-state index contributed by atoms with van der Waals surface area (Å²) in [5, 5.41) is 0. The van der Waals surface area contributed by atoms with E-state index < -0.39 is 0 Å². The van der Waals surface area contributed by atoms with Crippen molar-refractivity contribution in [1.29, 1.82) is 0 Å². The Bertz CT molecular complexity index is 257. The molecule has 0 aliphatic carbocycles. The van der Waals surface area contributed by atoms with Crippen molar-refractivity contribution in [2.24, 2.45) is 5.73 Å².